The molecule has 21 heavy (non-hydrogen) atoms. The van der Waals surface area contributed by atoms with Gasteiger partial charge in [-0.2, -0.15) is 0 Å². The highest BCUT2D eigenvalue weighted by Gasteiger charge is 2.13. The van der Waals surface area contributed by atoms with E-state index < -0.39 is 17.7 Å². The number of benzene rings is 2. The smallest absolute Gasteiger partial charge is 0.159 e. The Kier molecular flexibility index (Phi) is 5.28. The summed E-state index contributed by atoms with van der Waals surface area (Å²) in [6, 6.07) is 10.8. The highest BCUT2D eigenvalue weighted by atomic mass is 35.5. The zero-order chi connectivity index (χ0) is 15.4. The number of halogens is 3. The van der Waals surface area contributed by atoms with E-state index in [-0.39, 0.29) is 12.6 Å². The molecule has 2 aromatic carbocycles. The summed E-state index contributed by atoms with van der Waals surface area (Å²) in [6.45, 7) is 2.16. The standard InChI is InChI=1S/C16H16ClF2NO/c1-10(11-3-2-4-13(17)7-11)20-9-16(21)12-5-6-14(18)15(19)8-12/h2-8,10,16,20-21H,9H2,1H3/t10-,16?/m1/s1. The molecule has 2 aromatic rings. The summed E-state index contributed by atoms with van der Waals surface area (Å²) in [6.07, 6.45) is -0.915. The SMILES string of the molecule is C[C@@H](NCC(O)c1ccc(F)c(F)c1)c1cccc(Cl)c1. The monoisotopic (exact) mass is 311 g/mol. The fraction of sp³-hybridized carbons (Fsp3) is 0.250. The van der Waals surface area contributed by atoms with Crippen LogP contribution in [0.2, 0.25) is 5.02 Å². The normalized spacial score (nSPS) is 14.0. The summed E-state index contributed by atoms with van der Waals surface area (Å²) in [4.78, 5) is 0. The van der Waals surface area contributed by atoms with Gasteiger partial charge in [-0.15, -0.1) is 0 Å². The molecule has 0 saturated heterocycles. The summed E-state index contributed by atoms with van der Waals surface area (Å²) < 4.78 is 26.0. The van der Waals surface area contributed by atoms with Crippen molar-refractivity contribution in [3.63, 3.8) is 0 Å². The molecule has 2 N–H and O–H groups in total. The molecule has 0 heterocycles. The molecule has 0 aliphatic rings. The minimum Gasteiger partial charge on any atom is -0.387 e. The van der Waals surface area contributed by atoms with Gasteiger partial charge < -0.3 is 10.4 Å². The third-order valence-corrected chi connectivity index (χ3v) is 3.53. The summed E-state index contributed by atoms with van der Waals surface area (Å²) in [5, 5.41) is 13.8. The zero-order valence-electron chi connectivity index (χ0n) is 11.5. The van der Waals surface area contributed by atoms with E-state index in [9.17, 15) is 13.9 Å². The minimum absolute atomic E-state index is 0.0244. The summed E-state index contributed by atoms with van der Waals surface area (Å²) >= 11 is 5.93. The first kappa shape index (κ1) is 15.9. The Bertz CT molecular complexity index is 621. The lowest BCUT2D eigenvalue weighted by Crippen LogP contribution is -2.24. The second-order valence-electron chi connectivity index (χ2n) is 4.87. The molecule has 0 aromatic heterocycles. The number of nitrogens with one attached hydrogen (secondary N) is 1. The number of rotatable bonds is 5. The molecule has 0 radical (unpaired) electrons. The first-order chi connectivity index (χ1) is 9.97. The Morgan fingerprint density at radius 2 is 1.86 bits per heavy atom. The van der Waals surface area contributed by atoms with E-state index in [2.05, 4.69) is 5.32 Å². The van der Waals surface area contributed by atoms with Crippen LogP contribution in [-0.2, 0) is 0 Å². The van der Waals surface area contributed by atoms with Gasteiger partial charge in [-0.25, -0.2) is 8.78 Å². The Balaban J connectivity index is 1.97. The molecule has 2 nitrogen and oxygen atoms in total. The lowest BCUT2D eigenvalue weighted by Gasteiger charge is -2.18. The molecule has 112 valence electrons. The molecule has 2 rings (SSSR count). The average molecular weight is 312 g/mol. The predicted octanol–water partition coefficient (Wildman–Crippen LogP) is 4.00. The van der Waals surface area contributed by atoms with Crippen molar-refractivity contribution < 1.29 is 13.9 Å². The van der Waals surface area contributed by atoms with Gasteiger partial charge in [-0.05, 0) is 42.3 Å². The second-order valence-corrected chi connectivity index (χ2v) is 5.31. The van der Waals surface area contributed by atoms with Crippen molar-refractivity contribution in [2.75, 3.05) is 6.54 Å². The first-order valence-electron chi connectivity index (χ1n) is 6.59. The fourth-order valence-electron chi connectivity index (χ4n) is 2.02. The molecule has 0 amide bonds. The second kappa shape index (κ2) is 6.98. The Morgan fingerprint density at radius 3 is 2.52 bits per heavy atom. The van der Waals surface area contributed by atoms with Crippen molar-refractivity contribution >= 4 is 11.6 Å². The van der Waals surface area contributed by atoms with Gasteiger partial charge in [0.25, 0.3) is 0 Å². The van der Waals surface area contributed by atoms with Crippen LogP contribution in [0.25, 0.3) is 0 Å². The number of aliphatic hydroxyl groups is 1. The maximum atomic E-state index is 13.1. The van der Waals surface area contributed by atoms with Gasteiger partial charge in [0.1, 0.15) is 0 Å². The van der Waals surface area contributed by atoms with Crippen LogP contribution in [0.1, 0.15) is 30.2 Å². The molecule has 0 spiro atoms. The maximum absolute atomic E-state index is 13.1. The van der Waals surface area contributed by atoms with Crippen LogP contribution >= 0.6 is 11.6 Å². The van der Waals surface area contributed by atoms with Gasteiger partial charge in [0.2, 0.25) is 0 Å². The Hall–Kier alpha value is -1.49. The van der Waals surface area contributed by atoms with Crippen LogP contribution in [0.5, 0.6) is 0 Å². The quantitative estimate of drug-likeness (QED) is 0.874. The van der Waals surface area contributed by atoms with E-state index >= 15 is 0 Å². The molecule has 0 saturated carbocycles. The summed E-state index contributed by atoms with van der Waals surface area (Å²) in [5.41, 5.74) is 1.32. The van der Waals surface area contributed by atoms with E-state index in [1.165, 1.54) is 6.07 Å². The Labute approximate surface area is 127 Å². The number of hydrogen-bond donors (Lipinski definition) is 2. The predicted molar refractivity (Wildman–Crippen MR) is 79.2 cm³/mol. The van der Waals surface area contributed by atoms with E-state index in [0.29, 0.717) is 10.6 Å². The lowest BCUT2D eigenvalue weighted by atomic mass is 10.1. The summed E-state index contributed by atoms with van der Waals surface area (Å²) in [5.74, 6) is -1.89. The van der Waals surface area contributed by atoms with Crippen molar-refractivity contribution in [1.29, 1.82) is 0 Å². The van der Waals surface area contributed by atoms with Gasteiger partial charge in [0.15, 0.2) is 11.6 Å². The average Bonchev–Trinajstić information content (AvgIpc) is 2.47. The van der Waals surface area contributed by atoms with Crippen LogP contribution in [0.15, 0.2) is 42.5 Å². The van der Waals surface area contributed by atoms with Crippen LogP contribution in [0.3, 0.4) is 0 Å². The van der Waals surface area contributed by atoms with Gasteiger partial charge in [0, 0.05) is 17.6 Å². The fourth-order valence-corrected chi connectivity index (χ4v) is 2.22. The van der Waals surface area contributed by atoms with E-state index in [4.69, 9.17) is 11.6 Å². The van der Waals surface area contributed by atoms with Crippen molar-refractivity contribution in [3.8, 4) is 0 Å². The molecule has 0 aliphatic carbocycles. The highest BCUT2D eigenvalue weighted by Crippen LogP contribution is 2.19. The van der Waals surface area contributed by atoms with Crippen LogP contribution in [0.4, 0.5) is 8.78 Å². The third-order valence-electron chi connectivity index (χ3n) is 3.29. The van der Waals surface area contributed by atoms with Crippen LogP contribution < -0.4 is 5.32 Å². The zero-order valence-corrected chi connectivity index (χ0v) is 12.2. The van der Waals surface area contributed by atoms with Crippen molar-refractivity contribution in [2.24, 2.45) is 0 Å². The van der Waals surface area contributed by atoms with Crippen molar-refractivity contribution in [1.82, 2.24) is 5.32 Å². The largest absolute Gasteiger partial charge is 0.387 e. The molecule has 2 atom stereocenters. The number of hydrogen-bond acceptors (Lipinski definition) is 2. The van der Waals surface area contributed by atoms with E-state index in [1.54, 1.807) is 6.07 Å². The lowest BCUT2D eigenvalue weighted by molar-refractivity contribution is 0.170. The minimum atomic E-state index is -0.963. The van der Waals surface area contributed by atoms with E-state index in [0.717, 1.165) is 17.7 Å². The van der Waals surface area contributed by atoms with Gasteiger partial charge in [0.05, 0.1) is 6.10 Å². The van der Waals surface area contributed by atoms with Crippen molar-refractivity contribution in [2.45, 2.75) is 19.1 Å². The molecule has 0 aliphatic heterocycles. The van der Waals surface area contributed by atoms with Crippen molar-refractivity contribution in [3.05, 3.63) is 70.2 Å². The van der Waals surface area contributed by atoms with Gasteiger partial charge in [-0.3, -0.25) is 0 Å². The maximum Gasteiger partial charge on any atom is 0.159 e. The molecule has 1 unspecified atom stereocenters. The van der Waals surface area contributed by atoms with E-state index in [1.807, 2.05) is 25.1 Å². The third kappa shape index (κ3) is 4.24. The number of aliphatic hydroxyl groups excluding tert-OH is 1. The molecule has 0 bridgehead atoms. The van der Waals surface area contributed by atoms with Gasteiger partial charge in [-0.1, -0.05) is 29.8 Å². The van der Waals surface area contributed by atoms with Crippen LogP contribution in [0, 0.1) is 11.6 Å². The highest BCUT2D eigenvalue weighted by molar-refractivity contribution is 6.30. The molecule has 5 heteroatoms. The topological polar surface area (TPSA) is 32.3 Å². The summed E-state index contributed by atoms with van der Waals surface area (Å²) in [7, 11) is 0. The van der Waals surface area contributed by atoms with Crippen LogP contribution in [-0.4, -0.2) is 11.7 Å². The van der Waals surface area contributed by atoms with Gasteiger partial charge >= 0.3 is 0 Å². The molecule has 0 fully saturated rings. The molecular weight excluding hydrogens is 296 g/mol. The first-order valence-corrected chi connectivity index (χ1v) is 6.97. The molecular formula is C16H16ClF2NO. The Morgan fingerprint density at radius 1 is 1.10 bits per heavy atom.